The van der Waals surface area contributed by atoms with Gasteiger partial charge in [-0.1, -0.05) is 157 Å². The second kappa shape index (κ2) is 51.0. The average Bonchev–Trinajstić information content (AvgIpc) is 3.75. The number of benzene rings is 2. The monoisotopic (exact) mass is 1140 g/mol. The number of nitrogens with zero attached hydrogens (tertiary/aromatic N) is 2. The first kappa shape index (κ1) is 73.7. The van der Waals surface area contributed by atoms with Crippen LogP contribution in [-0.4, -0.2) is 4.70 Å². The maximum atomic E-state index is 12.5. The molecule has 1 aliphatic heterocycles. The molecule has 0 aliphatic carbocycles. The summed E-state index contributed by atoms with van der Waals surface area (Å²) < 4.78 is 1.56. The molecule has 0 bridgehead atoms. The quantitative estimate of drug-likeness (QED) is 0.0273. The van der Waals surface area contributed by atoms with Crippen molar-refractivity contribution in [1.82, 2.24) is 0 Å². The van der Waals surface area contributed by atoms with Crippen molar-refractivity contribution < 1.29 is 19.1 Å². The molecule has 0 fully saturated rings. The number of aryl methyl sites for hydroxylation is 4. The van der Waals surface area contributed by atoms with Crippen LogP contribution in [-0.2, 0) is 33.7 Å². The van der Waals surface area contributed by atoms with Crippen LogP contribution in [0.2, 0.25) is 10.8 Å². The Morgan fingerprint density at radius 2 is 0.700 bits per heavy atom. The van der Waals surface area contributed by atoms with Crippen LogP contribution in [0.3, 0.4) is 0 Å². The van der Waals surface area contributed by atoms with Crippen molar-refractivity contribution in [3.05, 3.63) is 85.5 Å². The van der Waals surface area contributed by atoms with Gasteiger partial charge >= 0.3 is 166 Å². The van der Waals surface area contributed by atoms with Gasteiger partial charge in [0, 0.05) is 23.1 Å². The minimum Gasteiger partial charge on any atom is -0.0654 e. The molecule has 1 heterocycles. The van der Waals surface area contributed by atoms with E-state index in [2.05, 4.69) is 105 Å². The van der Waals surface area contributed by atoms with E-state index in [0.29, 0.717) is 0 Å². The van der Waals surface area contributed by atoms with Gasteiger partial charge in [-0.3, -0.25) is 0 Å². The predicted molar refractivity (Wildman–Crippen MR) is 356 cm³/mol. The van der Waals surface area contributed by atoms with Crippen molar-refractivity contribution in [2.45, 2.75) is 382 Å². The molecular formula is C77H132N2Ni. The first-order valence-electron chi connectivity index (χ1n) is 35.4. The standard InChI is InChI=1S/C49H74N2.2C14H29.Ni/c1-9-14-19-23-24-28-33-47-46(31-18-13-5)49(51(50)48(47)43-34-38(6)40(8)39(7)35-43)44-36-41(29-25-20-15-10-2)45(32-27-22-17-12-4)42(37-44)30-26-21-16-11-3;2*1-3-5-7-9-11-13-14-12-10-8-6-4-2;/h34-37H,9-27,29-32H2,1-8H3;2*1,3-14H2,2H3;. The first-order chi connectivity index (χ1) is 39.2. The summed E-state index contributed by atoms with van der Waals surface area (Å²) in [5.74, 6) is 7.29. The second-order valence-corrected chi connectivity index (χ2v) is 26.3. The van der Waals surface area contributed by atoms with E-state index >= 15 is 0 Å². The molecule has 1 aliphatic rings. The van der Waals surface area contributed by atoms with Crippen molar-refractivity contribution in [3.63, 3.8) is 0 Å². The SMILES string of the molecule is CCCCCCC#CC1=C(c2cc(C)c(C)c(C)c2)[N+](=[N-])C(c2cc(CCCCCC)c(CCCCCC)c(CCCCCC)c2)=C1CCCC.CCCCCCCCCCCCC[CH2][Ni][CH2]CCCCCCCCCCCCC. The third-order valence-electron chi connectivity index (χ3n) is 17.3. The van der Waals surface area contributed by atoms with Crippen LogP contribution >= 0.6 is 0 Å². The molecule has 0 unspecified atom stereocenters. The Labute approximate surface area is 506 Å². The summed E-state index contributed by atoms with van der Waals surface area (Å²) in [4.78, 5) is 0. The Balaban J connectivity index is 0.000000642. The van der Waals surface area contributed by atoms with Crippen LogP contribution in [0.25, 0.3) is 16.9 Å². The van der Waals surface area contributed by atoms with E-state index in [1.54, 1.807) is 10.3 Å². The molecule has 0 saturated heterocycles. The number of hydrogen-bond acceptors (Lipinski definition) is 0. The van der Waals surface area contributed by atoms with Crippen LogP contribution in [0.4, 0.5) is 0 Å². The summed E-state index contributed by atoms with van der Waals surface area (Å²) in [6.07, 6.45) is 62.9. The molecule has 2 aromatic rings. The van der Waals surface area contributed by atoms with E-state index in [1.807, 2.05) is 14.4 Å². The summed E-state index contributed by atoms with van der Waals surface area (Å²) in [5, 5.41) is 2.87. The molecule has 80 heavy (non-hydrogen) atoms. The Hall–Kier alpha value is -2.43. The predicted octanol–water partition coefficient (Wildman–Crippen LogP) is 26.6. The first-order valence-corrected chi connectivity index (χ1v) is 36.8. The van der Waals surface area contributed by atoms with Crippen LogP contribution in [0.5, 0.6) is 0 Å². The van der Waals surface area contributed by atoms with E-state index in [0.717, 1.165) is 67.5 Å². The molecule has 0 spiro atoms. The van der Waals surface area contributed by atoms with Gasteiger partial charge in [-0.25, -0.2) is 4.70 Å². The van der Waals surface area contributed by atoms with E-state index in [1.165, 1.54) is 307 Å². The van der Waals surface area contributed by atoms with Crippen molar-refractivity contribution in [3.8, 4) is 11.8 Å². The van der Waals surface area contributed by atoms with Crippen LogP contribution < -0.4 is 0 Å². The topological polar surface area (TPSA) is 25.3 Å². The second-order valence-electron chi connectivity index (χ2n) is 24.8. The zero-order valence-electron chi connectivity index (χ0n) is 55.2. The molecule has 3 rings (SSSR count). The minimum absolute atomic E-state index is 0.876. The van der Waals surface area contributed by atoms with Crippen molar-refractivity contribution in [2.24, 2.45) is 0 Å². The summed E-state index contributed by atoms with van der Waals surface area (Å²) >= 11 is 2.04. The number of unbranched alkanes of at least 4 members (excludes halogenated alkanes) is 36. The molecule has 2 nitrogen and oxygen atoms in total. The number of rotatable bonds is 50. The van der Waals surface area contributed by atoms with Gasteiger partial charge in [0.15, 0.2) is 0 Å². The Kier molecular flexibility index (Phi) is 47.0. The average molecular weight is 1140 g/mol. The summed E-state index contributed by atoms with van der Waals surface area (Å²) in [7, 11) is 0. The van der Waals surface area contributed by atoms with Crippen LogP contribution in [0, 0.1) is 32.6 Å². The van der Waals surface area contributed by atoms with E-state index < -0.39 is 0 Å². The smallest absolute Gasteiger partial charge is 0.0654 e. The van der Waals surface area contributed by atoms with E-state index in [9.17, 15) is 5.53 Å². The van der Waals surface area contributed by atoms with Crippen molar-refractivity contribution >= 4 is 11.4 Å². The fraction of sp³-hybridized carbons (Fsp3) is 0.766. The van der Waals surface area contributed by atoms with Crippen LogP contribution in [0.15, 0.2) is 35.4 Å². The summed E-state index contributed by atoms with van der Waals surface area (Å²) in [6, 6.07) is 9.51. The number of allylic oxidation sites excluding steroid dienone is 2. The Morgan fingerprint density at radius 1 is 0.362 bits per heavy atom. The zero-order chi connectivity index (χ0) is 58.1. The molecule has 0 amide bonds. The molecule has 0 radical (unpaired) electrons. The number of hydrogen-bond donors (Lipinski definition) is 0. The fourth-order valence-electron chi connectivity index (χ4n) is 11.9. The molecule has 0 aromatic heterocycles. The van der Waals surface area contributed by atoms with Gasteiger partial charge in [0.1, 0.15) is 5.57 Å². The van der Waals surface area contributed by atoms with Gasteiger partial charge in [-0.15, -0.1) is 0 Å². The summed E-state index contributed by atoms with van der Waals surface area (Å²) in [6.45, 7) is 22.7. The Bertz CT molecular complexity index is 1900. The fourth-order valence-corrected chi connectivity index (χ4v) is 13.1. The molecule has 2 aromatic carbocycles. The van der Waals surface area contributed by atoms with Crippen LogP contribution in [0.1, 0.15) is 375 Å². The van der Waals surface area contributed by atoms with E-state index in [-0.39, 0.29) is 0 Å². The van der Waals surface area contributed by atoms with Crippen molar-refractivity contribution in [1.29, 1.82) is 0 Å². The zero-order valence-corrected chi connectivity index (χ0v) is 56.2. The van der Waals surface area contributed by atoms with Gasteiger partial charge in [-0.2, -0.15) is 0 Å². The third-order valence-corrected chi connectivity index (χ3v) is 18.7. The normalized spacial score (nSPS) is 12.5. The molecule has 3 heteroatoms. The summed E-state index contributed by atoms with van der Waals surface area (Å²) in [5.41, 5.74) is 27.4. The minimum atomic E-state index is 0.876. The van der Waals surface area contributed by atoms with Gasteiger partial charge in [0.05, 0.1) is 0 Å². The van der Waals surface area contributed by atoms with Gasteiger partial charge in [0.2, 0.25) is 11.4 Å². The van der Waals surface area contributed by atoms with Gasteiger partial charge < -0.3 is 5.53 Å². The Morgan fingerprint density at radius 3 is 1.10 bits per heavy atom. The molecule has 0 saturated carbocycles. The van der Waals surface area contributed by atoms with Gasteiger partial charge in [-0.05, 0) is 136 Å². The molecule has 0 atom stereocenters. The van der Waals surface area contributed by atoms with E-state index in [4.69, 9.17) is 0 Å². The third kappa shape index (κ3) is 32.6. The molecule has 0 N–H and O–H groups in total. The maximum absolute atomic E-state index is 12.5. The molecule has 460 valence electrons. The van der Waals surface area contributed by atoms with Crippen molar-refractivity contribution in [2.75, 3.05) is 0 Å². The van der Waals surface area contributed by atoms with Gasteiger partial charge in [0.25, 0.3) is 0 Å². The molecular weight excluding hydrogens is 1010 g/mol.